The zero-order valence-electron chi connectivity index (χ0n) is 12.1. The first kappa shape index (κ1) is 13.7. The standard InChI is InChI=1S/C16H21N3/c1-5-15-14(9-12(4)18-19-15)16(17)13-8-10(2)6-7-11(13)3/h6-9,16H,5,17H2,1-4H3. The highest BCUT2D eigenvalue weighted by atomic mass is 15.1. The topological polar surface area (TPSA) is 51.8 Å². The van der Waals surface area contributed by atoms with Crippen molar-refractivity contribution in [2.45, 2.75) is 40.2 Å². The molecule has 0 amide bonds. The van der Waals surface area contributed by atoms with E-state index in [9.17, 15) is 0 Å². The molecule has 0 radical (unpaired) electrons. The second-order valence-electron chi connectivity index (χ2n) is 5.08. The van der Waals surface area contributed by atoms with Crippen molar-refractivity contribution in [3.05, 3.63) is 57.9 Å². The molecular formula is C16H21N3. The van der Waals surface area contributed by atoms with E-state index >= 15 is 0 Å². The Morgan fingerprint density at radius 2 is 1.79 bits per heavy atom. The average Bonchev–Trinajstić information content (AvgIpc) is 2.40. The highest BCUT2D eigenvalue weighted by molar-refractivity contribution is 5.40. The molecule has 0 spiro atoms. The molecule has 0 aliphatic heterocycles. The molecular weight excluding hydrogens is 234 g/mol. The van der Waals surface area contributed by atoms with Crippen molar-refractivity contribution in [1.82, 2.24) is 10.2 Å². The number of benzene rings is 1. The summed E-state index contributed by atoms with van der Waals surface area (Å²) in [6.45, 7) is 8.22. The molecule has 0 aliphatic rings. The maximum atomic E-state index is 6.46. The molecule has 2 N–H and O–H groups in total. The Morgan fingerprint density at radius 1 is 1.05 bits per heavy atom. The smallest absolute Gasteiger partial charge is 0.0679 e. The number of rotatable bonds is 3. The number of nitrogens with zero attached hydrogens (tertiary/aromatic N) is 2. The summed E-state index contributed by atoms with van der Waals surface area (Å²) in [6, 6.07) is 8.32. The molecule has 1 heterocycles. The van der Waals surface area contributed by atoms with Crippen molar-refractivity contribution in [3.8, 4) is 0 Å². The van der Waals surface area contributed by atoms with Crippen molar-refractivity contribution in [2.24, 2.45) is 5.73 Å². The summed E-state index contributed by atoms with van der Waals surface area (Å²) in [7, 11) is 0. The third-order valence-corrected chi connectivity index (χ3v) is 3.47. The Hall–Kier alpha value is -1.74. The summed E-state index contributed by atoms with van der Waals surface area (Å²) in [4.78, 5) is 0. The zero-order valence-corrected chi connectivity index (χ0v) is 12.1. The van der Waals surface area contributed by atoms with Crippen LogP contribution >= 0.6 is 0 Å². The van der Waals surface area contributed by atoms with Gasteiger partial charge in [-0.3, -0.25) is 0 Å². The fourth-order valence-electron chi connectivity index (χ4n) is 2.34. The minimum Gasteiger partial charge on any atom is -0.320 e. The van der Waals surface area contributed by atoms with E-state index in [1.807, 2.05) is 6.92 Å². The summed E-state index contributed by atoms with van der Waals surface area (Å²) in [6.07, 6.45) is 0.848. The fraction of sp³-hybridized carbons (Fsp3) is 0.375. The Morgan fingerprint density at radius 3 is 2.47 bits per heavy atom. The Bertz CT molecular complexity index is 591. The van der Waals surface area contributed by atoms with Crippen molar-refractivity contribution in [2.75, 3.05) is 0 Å². The third-order valence-electron chi connectivity index (χ3n) is 3.47. The van der Waals surface area contributed by atoms with Gasteiger partial charge in [0.15, 0.2) is 0 Å². The van der Waals surface area contributed by atoms with Crippen LogP contribution in [0.4, 0.5) is 0 Å². The van der Waals surface area contributed by atoms with Crippen LogP contribution in [0.5, 0.6) is 0 Å². The van der Waals surface area contributed by atoms with E-state index in [2.05, 4.69) is 55.2 Å². The van der Waals surface area contributed by atoms with Gasteiger partial charge in [0, 0.05) is 0 Å². The molecule has 0 bridgehead atoms. The van der Waals surface area contributed by atoms with Crippen molar-refractivity contribution in [1.29, 1.82) is 0 Å². The number of nitrogens with two attached hydrogens (primary N) is 1. The second kappa shape index (κ2) is 5.49. The van der Waals surface area contributed by atoms with E-state index in [1.165, 1.54) is 16.7 Å². The molecule has 3 heteroatoms. The van der Waals surface area contributed by atoms with Crippen LogP contribution in [0.1, 0.15) is 46.6 Å². The zero-order chi connectivity index (χ0) is 14.0. The molecule has 2 rings (SSSR count). The van der Waals surface area contributed by atoms with Crippen LogP contribution in [0.3, 0.4) is 0 Å². The van der Waals surface area contributed by atoms with E-state index < -0.39 is 0 Å². The van der Waals surface area contributed by atoms with Gasteiger partial charge in [-0.2, -0.15) is 10.2 Å². The number of aromatic nitrogens is 2. The van der Waals surface area contributed by atoms with Crippen LogP contribution in [-0.4, -0.2) is 10.2 Å². The van der Waals surface area contributed by atoms with E-state index in [0.29, 0.717) is 0 Å². The van der Waals surface area contributed by atoms with Gasteiger partial charge in [-0.1, -0.05) is 30.7 Å². The Kier molecular flexibility index (Phi) is 3.96. The quantitative estimate of drug-likeness (QED) is 0.917. The SMILES string of the molecule is CCc1nnc(C)cc1C(N)c1cc(C)ccc1C. The lowest BCUT2D eigenvalue weighted by Crippen LogP contribution is -2.17. The fourth-order valence-corrected chi connectivity index (χ4v) is 2.34. The monoisotopic (exact) mass is 255 g/mol. The number of hydrogen-bond acceptors (Lipinski definition) is 3. The minimum absolute atomic E-state index is 0.135. The maximum absolute atomic E-state index is 6.46. The van der Waals surface area contributed by atoms with Gasteiger partial charge >= 0.3 is 0 Å². The van der Waals surface area contributed by atoms with Gasteiger partial charge in [0.2, 0.25) is 0 Å². The van der Waals surface area contributed by atoms with Gasteiger partial charge < -0.3 is 5.73 Å². The maximum Gasteiger partial charge on any atom is 0.0679 e. The molecule has 2 aromatic rings. The van der Waals surface area contributed by atoms with E-state index in [-0.39, 0.29) is 6.04 Å². The van der Waals surface area contributed by atoms with Gasteiger partial charge in [-0.25, -0.2) is 0 Å². The minimum atomic E-state index is -0.135. The average molecular weight is 255 g/mol. The largest absolute Gasteiger partial charge is 0.320 e. The summed E-state index contributed by atoms with van der Waals surface area (Å²) in [5, 5.41) is 8.39. The molecule has 3 nitrogen and oxygen atoms in total. The normalized spacial score (nSPS) is 12.5. The van der Waals surface area contributed by atoms with E-state index in [1.54, 1.807) is 0 Å². The first-order chi connectivity index (χ1) is 9.02. The molecule has 1 aromatic carbocycles. The predicted octanol–water partition coefficient (Wildman–Crippen LogP) is 3.01. The molecule has 1 atom stereocenters. The van der Waals surface area contributed by atoms with Crippen molar-refractivity contribution in [3.63, 3.8) is 0 Å². The lowest BCUT2D eigenvalue weighted by atomic mass is 9.93. The molecule has 100 valence electrons. The first-order valence-electron chi connectivity index (χ1n) is 6.68. The number of hydrogen-bond donors (Lipinski definition) is 1. The molecule has 1 aromatic heterocycles. The van der Waals surface area contributed by atoms with Gasteiger partial charge in [-0.05, 0) is 49.9 Å². The highest BCUT2D eigenvalue weighted by Crippen LogP contribution is 2.25. The van der Waals surface area contributed by atoms with Crippen LogP contribution in [0.15, 0.2) is 24.3 Å². The van der Waals surface area contributed by atoms with Crippen LogP contribution in [0, 0.1) is 20.8 Å². The molecule has 0 aliphatic carbocycles. The van der Waals surface area contributed by atoms with Gasteiger partial charge in [0.1, 0.15) is 0 Å². The molecule has 0 fully saturated rings. The first-order valence-corrected chi connectivity index (χ1v) is 6.68. The number of aryl methyl sites for hydroxylation is 4. The molecule has 1 unspecified atom stereocenters. The van der Waals surface area contributed by atoms with Crippen LogP contribution in [0.25, 0.3) is 0 Å². The van der Waals surface area contributed by atoms with Gasteiger partial charge in [0.25, 0.3) is 0 Å². The summed E-state index contributed by atoms with van der Waals surface area (Å²) >= 11 is 0. The van der Waals surface area contributed by atoms with Crippen LogP contribution < -0.4 is 5.73 Å². The van der Waals surface area contributed by atoms with Crippen molar-refractivity contribution >= 4 is 0 Å². The second-order valence-corrected chi connectivity index (χ2v) is 5.08. The lowest BCUT2D eigenvalue weighted by molar-refractivity contribution is 0.785. The Labute approximate surface area is 114 Å². The van der Waals surface area contributed by atoms with Crippen LogP contribution in [0.2, 0.25) is 0 Å². The molecule has 0 saturated carbocycles. The summed E-state index contributed by atoms with van der Waals surface area (Å²) < 4.78 is 0. The Balaban J connectivity index is 2.51. The third kappa shape index (κ3) is 2.82. The van der Waals surface area contributed by atoms with E-state index in [4.69, 9.17) is 5.73 Å². The van der Waals surface area contributed by atoms with Gasteiger partial charge in [0.05, 0.1) is 17.4 Å². The summed E-state index contributed by atoms with van der Waals surface area (Å²) in [5.74, 6) is 0. The van der Waals surface area contributed by atoms with Gasteiger partial charge in [-0.15, -0.1) is 0 Å². The summed E-state index contributed by atoms with van der Waals surface area (Å²) in [5.41, 5.74) is 13.1. The van der Waals surface area contributed by atoms with Crippen LogP contribution in [-0.2, 0) is 6.42 Å². The highest BCUT2D eigenvalue weighted by Gasteiger charge is 2.16. The predicted molar refractivity (Wildman–Crippen MR) is 78.1 cm³/mol. The molecule has 19 heavy (non-hydrogen) atoms. The lowest BCUT2D eigenvalue weighted by Gasteiger charge is -2.18. The van der Waals surface area contributed by atoms with Crippen molar-refractivity contribution < 1.29 is 0 Å². The van der Waals surface area contributed by atoms with E-state index in [0.717, 1.165) is 23.4 Å². The molecule has 0 saturated heterocycles.